The molecule has 1 aromatic rings. The Balaban J connectivity index is 1.79. The van der Waals surface area contributed by atoms with Crippen molar-refractivity contribution in [1.29, 1.82) is 0 Å². The molecule has 3 amide bonds. The lowest BCUT2D eigenvalue weighted by Crippen LogP contribution is -2.62. The summed E-state index contributed by atoms with van der Waals surface area (Å²) in [6.07, 6.45) is 0.654. The zero-order chi connectivity index (χ0) is 23.0. The first-order chi connectivity index (χ1) is 14.7. The Bertz CT molecular complexity index is 850. The van der Waals surface area contributed by atoms with Crippen LogP contribution in [0.25, 0.3) is 0 Å². The van der Waals surface area contributed by atoms with Gasteiger partial charge in [0.15, 0.2) is 5.96 Å². The van der Waals surface area contributed by atoms with Gasteiger partial charge in [0.05, 0.1) is 20.1 Å². The maximum absolute atomic E-state index is 12.4. The minimum atomic E-state index is -0.921. The van der Waals surface area contributed by atoms with E-state index in [1.54, 1.807) is 24.3 Å². The van der Waals surface area contributed by atoms with Crippen molar-refractivity contribution >= 4 is 29.7 Å². The molecule has 168 valence electrons. The lowest BCUT2D eigenvalue weighted by atomic mass is 10.0. The molecule has 0 aliphatic carbocycles. The fourth-order valence-electron chi connectivity index (χ4n) is 3.16. The predicted octanol–water partition coefficient (Wildman–Crippen LogP) is -1.14. The molecule has 1 heterocycles. The largest absolute Gasteiger partial charge is 0.469 e. The number of carbonyl (C=O) groups is 4. The van der Waals surface area contributed by atoms with Crippen LogP contribution in [0, 0.1) is 0 Å². The van der Waals surface area contributed by atoms with Crippen LogP contribution >= 0.6 is 0 Å². The first-order valence-electron chi connectivity index (χ1n) is 9.79. The van der Waals surface area contributed by atoms with Crippen LogP contribution in [0.2, 0.25) is 0 Å². The van der Waals surface area contributed by atoms with Gasteiger partial charge in [0, 0.05) is 19.2 Å². The summed E-state index contributed by atoms with van der Waals surface area (Å²) in [7, 11) is 2.75. The lowest BCUT2D eigenvalue weighted by molar-refractivity contribution is -0.152. The van der Waals surface area contributed by atoms with Gasteiger partial charge >= 0.3 is 5.97 Å². The molecule has 1 aromatic carbocycles. The van der Waals surface area contributed by atoms with Crippen LogP contribution in [0.3, 0.4) is 0 Å². The molecule has 1 aliphatic rings. The normalized spacial score (nSPS) is 18.2. The van der Waals surface area contributed by atoms with Gasteiger partial charge in [0.1, 0.15) is 12.1 Å². The molecule has 31 heavy (non-hydrogen) atoms. The van der Waals surface area contributed by atoms with Crippen LogP contribution in [0.5, 0.6) is 0 Å². The molecule has 2 rings (SSSR count). The second kappa shape index (κ2) is 11.0. The summed E-state index contributed by atoms with van der Waals surface area (Å²) in [5, 5.41) is 5.36. The molecule has 1 aliphatic heterocycles. The van der Waals surface area contributed by atoms with E-state index in [0.29, 0.717) is 31.5 Å². The number of guanidine groups is 1. The number of ether oxygens (including phenoxy) is 1. The Hall–Kier alpha value is -3.63. The van der Waals surface area contributed by atoms with Gasteiger partial charge in [-0.05, 0) is 30.5 Å². The quantitative estimate of drug-likeness (QED) is 0.165. The fraction of sp³-hybridized carbons (Fsp3) is 0.450. The zero-order valence-electron chi connectivity index (χ0n) is 17.6. The molecule has 11 heteroatoms. The van der Waals surface area contributed by atoms with Crippen LogP contribution in [0.1, 0.15) is 35.2 Å². The number of likely N-dealkylation sites (N-methyl/N-ethyl adjacent to an activating group) is 1. The van der Waals surface area contributed by atoms with Crippen LogP contribution < -0.4 is 22.1 Å². The average molecular weight is 432 g/mol. The number of hydrogen-bond acceptors (Lipinski definition) is 6. The number of hydrogen-bond donors (Lipinski definition) is 4. The first kappa shape index (κ1) is 23.6. The van der Waals surface area contributed by atoms with Gasteiger partial charge in [-0.1, -0.05) is 12.1 Å². The molecule has 0 spiro atoms. The van der Waals surface area contributed by atoms with E-state index in [1.165, 1.54) is 19.1 Å². The molecule has 6 N–H and O–H groups in total. The maximum atomic E-state index is 12.4. The van der Waals surface area contributed by atoms with E-state index in [-0.39, 0.29) is 30.1 Å². The van der Waals surface area contributed by atoms with Crippen molar-refractivity contribution in [3.05, 3.63) is 35.4 Å². The lowest BCUT2D eigenvalue weighted by Gasteiger charge is -2.36. The predicted molar refractivity (Wildman–Crippen MR) is 113 cm³/mol. The van der Waals surface area contributed by atoms with E-state index in [2.05, 4.69) is 20.4 Å². The number of nitrogens with two attached hydrogens (primary N) is 2. The van der Waals surface area contributed by atoms with Gasteiger partial charge in [-0.2, -0.15) is 0 Å². The number of methoxy groups -OCH3 is 1. The molecule has 0 aromatic heterocycles. The van der Waals surface area contributed by atoms with Crippen molar-refractivity contribution in [3.63, 3.8) is 0 Å². The topological polar surface area (TPSA) is 169 Å². The molecule has 11 nitrogen and oxygen atoms in total. The fourth-order valence-corrected chi connectivity index (χ4v) is 3.16. The van der Waals surface area contributed by atoms with Crippen LogP contribution in [0.15, 0.2) is 29.3 Å². The zero-order valence-corrected chi connectivity index (χ0v) is 17.6. The minimum Gasteiger partial charge on any atom is -0.469 e. The molecule has 0 saturated carbocycles. The summed E-state index contributed by atoms with van der Waals surface area (Å²) < 4.78 is 4.55. The van der Waals surface area contributed by atoms with Gasteiger partial charge in [0.25, 0.3) is 5.91 Å². The van der Waals surface area contributed by atoms with Crippen LogP contribution in [-0.4, -0.2) is 67.3 Å². The number of rotatable bonds is 9. The number of esters is 1. The summed E-state index contributed by atoms with van der Waals surface area (Å²) >= 11 is 0. The highest BCUT2D eigenvalue weighted by Crippen LogP contribution is 2.15. The van der Waals surface area contributed by atoms with Gasteiger partial charge in [-0.15, -0.1) is 0 Å². The summed E-state index contributed by atoms with van der Waals surface area (Å²) in [4.78, 5) is 53.6. The highest BCUT2D eigenvalue weighted by molar-refractivity contribution is 5.98. The highest BCUT2D eigenvalue weighted by Gasteiger charge is 2.39. The standard InChI is InChI=1S/C20H28N6O5/c1-26-15(18(29)25-14(19(26)30)10-16(27)31-2)4-3-9-23-17(28)13-7-5-12(6-8-13)11-24-20(21)22/h5-8,14-15H,3-4,9-11H2,1-2H3,(H,23,28)(H,25,29)(H4,21,22,24)/t14-,15-/m0/s1. The van der Waals surface area contributed by atoms with E-state index < -0.39 is 18.1 Å². The molecular weight excluding hydrogens is 404 g/mol. The number of carbonyl (C=O) groups excluding carboxylic acids is 4. The van der Waals surface area contributed by atoms with E-state index in [4.69, 9.17) is 11.5 Å². The molecule has 0 radical (unpaired) electrons. The second-order valence-corrected chi connectivity index (χ2v) is 7.14. The Morgan fingerprint density at radius 1 is 1.23 bits per heavy atom. The monoisotopic (exact) mass is 432 g/mol. The van der Waals surface area contributed by atoms with E-state index in [1.807, 2.05) is 0 Å². The van der Waals surface area contributed by atoms with Crippen molar-refractivity contribution < 1.29 is 23.9 Å². The molecule has 1 saturated heterocycles. The van der Waals surface area contributed by atoms with E-state index >= 15 is 0 Å². The van der Waals surface area contributed by atoms with Crippen LogP contribution in [-0.2, 0) is 25.7 Å². The average Bonchev–Trinajstić information content (AvgIpc) is 2.75. The number of aliphatic imine (C=N–C) groups is 1. The van der Waals surface area contributed by atoms with Gasteiger partial charge in [-0.3, -0.25) is 19.2 Å². The Morgan fingerprint density at radius 2 is 1.90 bits per heavy atom. The molecule has 1 fully saturated rings. The summed E-state index contributed by atoms with van der Waals surface area (Å²) in [6.45, 7) is 0.673. The van der Waals surface area contributed by atoms with Gasteiger partial charge in [-0.25, -0.2) is 4.99 Å². The summed E-state index contributed by atoms with van der Waals surface area (Å²) in [5.41, 5.74) is 11.9. The first-order valence-corrected chi connectivity index (χ1v) is 9.79. The van der Waals surface area contributed by atoms with Crippen molar-refractivity contribution in [2.45, 2.75) is 37.9 Å². The number of nitrogens with one attached hydrogen (secondary N) is 2. The second-order valence-electron chi connectivity index (χ2n) is 7.14. The van der Waals surface area contributed by atoms with Crippen LogP contribution in [0.4, 0.5) is 0 Å². The Labute approximate surface area is 180 Å². The minimum absolute atomic E-state index is 0.000188. The van der Waals surface area contributed by atoms with Crippen molar-refractivity contribution in [3.8, 4) is 0 Å². The van der Waals surface area contributed by atoms with E-state index in [0.717, 1.165) is 5.56 Å². The summed E-state index contributed by atoms with van der Waals surface area (Å²) in [6, 6.07) is 5.30. The number of piperazine rings is 1. The van der Waals surface area contributed by atoms with Gasteiger partial charge < -0.3 is 31.7 Å². The van der Waals surface area contributed by atoms with Crippen molar-refractivity contribution in [2.75, 3.05) is 20.7 Å². The third-order valence-electron chi connectivity index (χ3n) is 4.93. The molecular formula is C20H28N6O5. The molecule has 2 atom stereocenters. The van der Waals surface area contributed by atoms with Crippen molar-refractivity contribution in [1.82, 2.24) is 15.5 Å². The highest BCUT2D eigenvalue weighted by atomic mass is 16.5. The SMILES string of the molecule is COC(=O)C[C@@H]1NC(=O)[C@H](CCCNC(=O)c2ccc(CN=C(N)N)cc2)N(C)C1=O. The van der Waals surface area contributed by atoms with Crippen molar-refractivity contribution in [2.24, 2.45) is 16.5 Å². The number of amides is 3. The Kier molecular flexibility index (Phi) is 8.35. The number of nitrogens with zero attached hydrogens (tertiary/aromatic N) is 2. The smallest absolute Gasteiger partial charge is 0.308 e. The van der Waals surface area contributed by atoms with E-state index in [9.17, 15) is 19.2 Å². The van der Waals surface area contributed by atoms with Gasteiger partial charge in [0.2, 0.25) is 11.8 Å². The molecule has 0 bridgehead atoms. The molecule has 0 unspecified atom stereocenters. The number of benzene rings is 1. The third-order valence-corrected chi connectivity index (χ3v) is 4.93. The maximum Gasteiger partial charge on any atom is 0.308 e. The Morgan fingerprint density at radius 3 is 2.52 bits per heavy atom. The third kappa shape index (κ3) is 6.69. The summed E-state index contributed by atoms with van der Waals surface area (Å²) in [5.74, 6) is -1.50.